The van der Waals surface area contributed by atoms with Crippen LogP contribution in [0.1, 0.15) is 59.1 Å². The molecule has 1 fully saturated rings. The SMILES string of the molecule is CCNC(=NCc1ncc(C(C)(C)C)o1)NCC1CCCN1CC. The monoisotopic (exact) mass is 335 g/mol. The Hall–Kier alpha value is -1.56. The smallest absolute Gasteiger partial charge is 0.216 e. The lowest BCUT2D eigenvalue weighted by molar-refractivity contribution is 0.267. The summed E-state index contributed by atoms with van der Waals surface area (Å²) in [6, 6.07) is 0.605. The summed E-state index contributed by atoms with van der Waals surface area (Å²) in [6.07, 6.45) is 4.36. The molecule has 0 spiro atoms. The highest BCUT2D eigenvalue weighted by molar-refractivity contribution is 5.79. The quantitative estimate of drug-likeness (QED) is 0.618. The van der Waals surface area contributed by atoms with Gasteiger partial charge in [-0.1, -0.05) is 27.7 Å². The number of hydrogen-bond acceptors (Lipinski definition) is 4. The average molecular weight is 335 g/mol. The molecule has 2 rings (SSSR count). The van der Waals surface area contributed by atoms with Crippen LogP contribution < -0.4 is 10.6 Å². The molecule has 1 aromatic rings. The number of aliphatic imine (C=N–C) groups is 1. The van der Waals surface area contributed by atoms with Gasteiger partial charge in [0.2, 0.25) is 5.89 Å². The van der Waals surface area contributed by atoms with Crippen molar-refractivity contribution < 1.29 is 4.42 Å². The molecule has 24 heavy (non-hydrogen) atoms. The number of rotatable bonds is 6. The molecule has 6 heteroatoms. The summed E-state index contributed by atoms with van der Waals surface area (Å²) in [6.45, 7) is 15.2. The summed E-state index contributed by atoms with van der Waals surface area (Å²) in [4.78, 5) is 11.5. The third kappa shape index (κ3) is 5.23. The number of likely N-dealkylation sites (tertiary alicyclic amines) is 1. The Labute approximate surface area is 146 Å². The van der Waals surface area contributed by atoms with Gasteiger partial charge in [0.05, 0.1) is 6.20 Å². The normalized spacial score (nSPS) is 19.7. The third-order valence-corrected chi connectivity index (χ3v) is 4.42. The fourth-order valence-corrected chi connectivity index (χ4v) is 2.98. The second kappa shape index (κ2) is 8.51. The first-order valence-electron chi connectivity index (χ1n) is 9.15. The van der Waals surface area contributed by atoms with Gasteiger partial charge in [-0.05, 0) is 32.9 Å². The molecule has 0 aliphatic carbocycles. The van der Waals surface area contributed by atoms with Crippen LogP contribution in [0.15, 0.2) is 15.6 Å². The van der Waals surface area contributed by atoms with E-state index in [0.717, 1.165) is 31.4 Å². The summed E-state index contributed by atoms with van der Waals surface area (Å²) in [7, 11) is 0. The molecule has 1 aromatic heterocycles. The van der Waals surface area contributed by atoms with Crippen molar-refractivity contribution in [2.45, 2.75) is 65.5 Å². The molecule has 2 N–H and O–H groups in total. The van der Waals surface area contributed by atoms with Crippen LogP contribution in [0.2, 0.25) is 0 Å². The molecule has 0 amide bonds. The highest BCUT2D eigenvalue weighted by Crippen LogP contribution is 2.22. The molecular formula is C18H33N5O. The molecule has 0 aromatic carbocycles. The topological polar surface area (TPSA) is 65.7 Å². The van der Waals surface area contributed by atoms with E-state index in [0.29, 0.717) is 18.5 Å². The van der Waals surface area contributed by atoms with E-state index >= 15 is 0 Å². The van der Waals surface area contributed by atoms with Gasteiger partial charge in [-0.2, -0.15) is 0 Å². The molecule has 0 saturated carbocycles. The van der Waals surface area contributed by atoms with E-state index in [9.17, 15) is 0 Å². The van der Waals surface area contributed by atoms with Crippen molar-refractivity contribution >= 4 is 5.96 Å². The van der Waals surface area contributed by atoms with Crippen molar-refractivity contribution in [2.75, 3.05) is 26.2 Å². The Morgan fingerprint density at radius 3 is 2.79 bits per heavy atom. The molecule has 1 saturated heterocycles. The van der Waals surface area contributed by atoms with Crippen molar-refractivity contribution in [2.24, 2.45) is 4.99 Å². The number of nitrogens with zero attached hydrogens (tertiary/aromatic N) is 3. The Morgan fingerprint density at radius 1 is 1.38 bits per heavy atom. The summed E-state index contributed by atoms with van der Waals surface area (Å²) in [5.41, 5.74) is -0.0240. The first-order valence-corrected chi connectivity index (χ1v) is 9.15. The van der Waals surface area contributed by atoms with E-state index < -0.39 is 0 Å². The van der Waals surface area contributed by atoms with E-state index in [2.05, 4.69) is 60.1 Å². The van der Waals surface area contributed by atoms with E-state index in [-0.39, 0.29) is 5.41 Å². The largest absolute Gasteiger partial charge is 0.443 e. The standard InChI is InChI=1S/C18H33N5O/c1-6-19-17(21-11-14-9-8-10-23(14)7-2)22-13-16-20-12-15(24-16)18(3,4)5/h12,14H,6-11,13H2,1-5H3,(H2,19,21,22). The van der Waals surface area contributed by atoms with Crippen LogP contribution in [0.3, 0.4) is 0 Å². The van der Waals surface area contributed by atoms with Crippen LogP contribution in [0, 0.1) is 0 Å². The molecule has 6 nitrogen and oxygen atoms in total. The number of aromatic nitrogens is 1. The molecule has 2 heterocycles. The predicted molar refractivity (Wildman–Crippen MR) is 98.3 cm³/mol. The Balaban J connectivity index is 1.91. The van der Waals surface area contributed by atoms with Gasteiger partial charge < -0.3 is 15.1 Å². The second-order valence-corrected chi connectivity index (χ2v) is 7.37. The van der Waals surface area contributed by atoms with E-state index in [1.165, 1.54) is 19.4 Å². The first kappa shape index (κ1) is 18.8. The maximum Gasteiger partial charge on any atom is 0.216 e. The Bertz CT molecular complexity index is 532. The van der Waals surface area contributed by atoms with Gasteiger partial charge in [-0.15, -0.1) is 0 Å². The van der Waals surface area contributed by atoms with Crippen molar-refractivity contribution in [3.05, 3.63) is 17.8 Å². The number of hydrogen-bond donors (Lipinski definition) is 2. The molecule has 1 atom stereocenters. The number of oxazole rings is 1. The lowest BCUT2D eigenvalue weighted by atomic mass is 9.94. The lowest BCUT2D eigenvalue weighted by Crippen LogP contribution is -2.44. The summed E-state index contributed by atoms with van der Waals surface area (Å²) in [5.74, 6) is 2.39. The van der Waals surface area contributed by atoms with Gasteiger partial charge in [0.25, 0.3) is 0 Å². The summed E-state index contributed by atoms with van der Waals surface area (Å²) >= 11 is 0. The Kier molecular flexibility index (Phi) is 6.66. The van der Waals surface area contributed by atoms with Gasteiger partial charge in [-0.25, -0.2) is 9.98 Å². The van der Waals surface area contributed by atoms with Crippen LogP contribution >= 0.6 is 0 Å². The summed E-state index contributed by atoms with van der Waals surface area (Å²) in [5, 5.41) is 6.76. The van der Waals surface area contributed by atoms with Gasteiger partial charge >= 0.3 is 0 Å². The number of nitrogens with one attached hydrogen (secondary N) is 2. The van der Waals surface area contributed by atoms with Gasteiger partial charge in [0, 0.05) is 24.5 Å². The average Bonchev–Trinajstić information content (AvgIpc) is 3.18. The van der Waals surface area contributed by atoms with Gasteiger partial charge in [-0.3, -0.25) is 4.90 Å². The van der Waals surface area contributed by atoms with Gasteiger partial charge in [0.15, 0.2) is 5.96 Å². The van der Waals surface area contributed by atoms with E-state index in [1.807, 2.05) is 6.20 Å². The summed E-state index contributed by atoms with van der Waals surface area (Å²) < 4.78 is 5.81. The predicted octanol–water partition coefficient (Wildman–Crippen LogP) is 2.51. The zero-order chi connectivity index (χ0) is 17.6. The van der Waals surface area contributed by atoms with Crippen molar-refractivity contribution in [1.82, 2.24) is 20.5 Å². The Morgan fingerprint density at radius 2 is 2.17 bits per heavy atom. The highest BCUT2D eigenvalue weighted by atomic mass is 16.4. The van der Waals surface area contributed by atoms with Crippen LogP contribution in [0.25, 0.3) is 0 Å². The molecule has 0 bridgehead atoms. The number of likely N-dealkylation sites (N-methyl/N-ethyl adjacent to an activating group) is 1. The van der Waals surface area contributed by atoms with Crippen LogP contribution in [-0.4, -0.2) is 48.1 Å². The van der Waals surface area contributed by atoms with Crippen LogP contribution in [0.5, 0.6) is 0 Å². The molecule has 0 radical (unpaired) electrons. The third-order valence-electron chi connectivity index (χ3n) is 4.42. The molecule has 1 unspecified atom stereocenters. The minimum Gasteiger partial charge on any atom is -0.443 e. The minimum atomic E-state index is -0.0240. The molecular weight excluding hydrogens is 302 g/mol. The fraction of sp³-hybridized carbons (Fsp3) is 0.778. The second-order valence-electron chi connectivity index (χ2n) is 7.37. The van der Waals surface area contributed by atoms with Crippen molar-refractivity contribution in [3.63, 3.8) is 0 Å². The zero-order valence-corrected chi connectivity index (χ0v) is 15.9. The minimum absolute atomic E-state index is 0.0240. The molecule has 1 aliphatic rings. The van der Waals surface area contributed by atoms with Crippen LogP contribution in [0.4, 0.5) is 0 Å². The lowest BCUT2D eigenvalue weighted by Gasteiger charge is -2.23. The van der Waals surface area contributed by atoms with Crippen molar-refractivity contribution in [1.29, 1.82) is 0 Å². The first-order chi connectivity index (χ1) is 11.4. The van der Waals surface area contributed by atoms with Crippen molar-refractivity contribution in [3.8, 4) is 0 Å². The zero-order valence-electron chi connectivity index (χ0n) is 15.9. The highest BCUT2D eigenvalue weighted by Gasteiger charge is 2.23. The maximum absolute atomic E-state index is 5.81. The molecule has 136 valence electrons. The maximum atomic E-state index is 5.81. The van der Waals surface area contributed by atoms with Crippen LogP contribution in [-0.2, 0) is 12.0 Å². The number of guanidine groups is 1. The van der Waals surface area contributed by atoms with E-state index in [1.54, 1.807) is 0 Å². The van der Waals surface area contributed by atoms with Gasteiger partial charge in [0.1, 0.15) is 12.3 Å². The van der Waals surface area contributed by atoms with E-state index in [4.69, 9.17) is 4.42 Å². The molecule has 1 aliphatic heterocycles. The fourth-order valence-electron chi connectivity index (χ4n) is 2.98.